The fourth-order valence-corrected chi connectivity index (χ4v) is 14.0. The highest BCUT2D eigenvalue weighted by Gasteiger charge is 2.24. The van der Waals surface area contributed by atoms with Gasteiger partial charge in [-0.2, -0.15) is 21.0 Å². The number of carbonyl (C=O) groups is 1. The predicted octanol–water partition coefficient (Wildman–Crippen LogP) is 13.5. The zero-order valence-corrected chi connectivity index (χ0v) is 62.1. The molecule has 5 aliphatic rings. The average molecular weight is 1500 g/mol. The maximum atomic E-state index is 11.6. The van der Waals surface area contributed by atoms with Crippen LogP contribution in [0.1, 0.15) is 97.4 Å². The zero-order chi connectivity index (χ0) is 74.1. The lowest BCUT2D eigenvalue weighted by Crippen LogP contribution is -2.27. The Hall–Kier alpha value is -11.5. The summed E-state index contributed by atoms with van der Waals surface area (Å²) in [5, 5.41) is 76.2. The van der Waals surface area contributed by atoms with Gasteiger partial charge in [-0.3, -0.25) is 14.8 Å². The van der Waals surface area contributed by atoms with Crippen LogP contribution in [0.25, 0.3) is 33.7 Å². The summed E-state index contributed by atoms with van der Waals surface area (Å²) in [6.07, 6.45) is 20.6. The van der Waals surface area contributed by atoms with E-state index in [0.717, 1.165) is 123 Å². The average Bonchev–Trinajstić information content (AvgIpc) is 1.67. The molecule has 106 heavy (non-hydrogen) atoms. The molecule has 6 aromatic heterocycles. The molecular weight excluding hydrogens is 1430 g/mol. The number of likely N-dealkylation sites (tertiary alicyclic amines) is 1. The van der Waals surface area contributed by atoms with Crippen LogP contribution in [0, 0.1) is 45.3 Å². The minimum Gasteiger partial charge on any atom is -0.354 e. The molecule has 13 rings (SSSR count). The first-order valence-electron chi connectivity index (χ1n) is 34.0. The standard InChI is InChI=1S/C22H17ClN6S.C22H18N6S.C18H22N6OS.C14H18N6S/c23-17-5-3-16(4-6-17)20-14-30-21(28-20)18(12-24)19-8-11-27-22(29-19)26-10-7-15-2-1-9-25-13-15;23-13-18(21-27-20(15-29-21)17-6-2-1-3-7-17)19-9-12-26-22(28-19)25-11-8-16-5-4-10-24-14-16;1-2-13-12-26-17(22-13)14(11-19)15-6-8-21-18(23-15)20-7-4-10-24-9-3-5-16(24)25;1-2-10-9-21-13(19-10)11(8-16)12-4-7-18-14(20-12)17-6-3-5-15/h1-6,8-9,11,13-14,28H,7,10H2,(H,26,27,29);1-7,9-10,12,14-15,27H,8,11H2,(H,25,26,28);6,8,12,22H,2-5,7,9-10H2,1H3,(H,20,21,23);4,7,9,19H,2-3,5-6,15H2,1H3,(H,17,18,20). The zero-order valence-electron chi connectivity index (χ0n) is 58.1. The van der Waals surface area contributed by atoms with Crippen molar-refractivity contribution >= 4 is 122 Å². The van der Waals surface area contributed by atoms with Crippen LogP contribution < -0.4 is 48.3 Å². The van der Waals surface area contributed by atoms with Crippen LogP contribution in [0.2, 0.25) is 5.02 Å². The van der Waals surface area contributed by atoms with Crippen molar-refractivity contribution in [2.24, 2.45) is 5.73 Å². The second-order valence-corrected chi connectivity index (χ2v) is 27.1. The van der Waals surface area contributed by atoms with Gasteiger partial charge in [-0.25, -0.2) is 39.9 Å². The van der Waals surface area contributed by atoms with E-state index in [4.69, 9.17) is 17.3 Å². The Morgan fingerprint density at radius 1 is 0.500 bits per heavy atom. The number of allylic oxidation sites excluding steroid dienone is 6. The molecule has 0 spiro atoms. The van der Waals surface area contributed by atoms with Crippen molar-refractivity contribution < 1.29 is 4.79 Å². The van der Waals surface area contributed by atoms with Gasteiger partial charge in [0.05, 0.1) is 54.3 Å². The van der Waals surface area contributed by atoms with Gasteiger partial charge in [0.15, 0.2) is 0 Å². The number of pyridine rings is 2. The smallest absolute Gasteiger partial charge is 0.223 e. The Morgan fingerprint density at radius 2 is 0.906 bits per heavy atom. The minimum absolute atomic E-state index is 0.246. The molecule has 0 saturated carbocycles. The second kappa shape index (κ2) is 41.1. The van der Waals surface area contributed by atoms with Crippen molar-refractivity contribution in [3.8, 4) is 24.3 Å². The van der Waals surface area contributed by atoms with Crippen LogP contribution in [-0.2, 0) is 17.6 Å². The molecule has 1 amide bonds. The number of nitrogens with one attached hydrogen (secondary N) is 8. The molecular formula is C76H75ClN24OS4. The van der Waals surface area contributed by atoms with E-state index in [9.17, 15) is 25.8 Å². The third-order valence-corrected chi connectivity index (χ3v) is 19.8. The van der Waals surface area contributed by atoms with Crippen molar-refractivity contribution in [3.63, 3.8) is 0 Å². The van der Waals surface area contributed by atoms with Gasteiger partial charge in [0.1, 0.15) is 46.6 Å². The van der Waals surface area contributed by atoms with Crippen LogP contribution in [0.15, 0.2) is 206 Å². The van der Waals surface area contributed by atoms with Gasteiger partial charge in [-0.1, -0.05) is 127 Å². The molecule has 2 aromatic carbocycles. The highest BCUT2D eigenvalue weighted by molar-refractivity contribution is 8.07. The molecule has 11 heterocycles. The van der Waals surface area contributed by atoms with E-state index in [1.807, 2.05) is 118 Å². The number of rotatable bonds is 25. The number of nitriles is 4. The van der Waals surface area contributed by atoms with Crippen molar-refractivity contribution in [1.82, 2.24) is 76.0 Å². The van der Waals surface area contributed by atoms with E-state index >= 15 is 0 Å². The predicted molar refractivity (Wildman–Crippen MR) is 426 cm³/mol. The van der Waals surface area contributed by atoms with E-state index in [-0.39, 0.29) is 5.91 Å². The van der Waals surface area contributed by atoms with Crippen molar-refractivity contribution in [2.45, 2.75) is 65.2 Å². The second-order valence-electron chi connectivity index (χ2n) is 23.1. The Morgan fingerprint density at radius 3 is 1.28 bits per heavy atom. The first-order chi connectivity index (χ1) is 52.0. The highest BCUT2D eigenvalue weighted by atomic mass is 35.5. The van der Waals surface area contributed by atoms with Gasteiger partial charge < -0.3 is 53.2 Å². The molecule has 1 saturated heterocycles. The molecule has 25 nitrogen and oxygen atoms in total. The molecule has 1 fully saturated rings. The van der Waals surface area contributed by atoms with Crippen LogP contribution in [0.3, 0.4) is 0 Å². The summed E-state index contributed by atoms with van der Waals surface area (Å²) in [5.74, 6) is 2.24. The third kappa shape index (κ3) is 22.7. The van der Waals surface area contributed by atoms with E-state index in [1.165, 1.54) is 47.0 Å². The summed E-state index contributed by atoms with van der Waals surface area (Å²) < 4.78 is 0. The minimum atomic E-state index is 0.246. The Kier molecular flexibility index (Phi) is 29.9. The van der Waals surface area contributed by atoms with Gasteiger partial charge >= 0.3 is 0 Å². The summed E-state index contributed by atoms with van der Waals surface area (Å²) in [5.41, 5.74) is 18.3. The number of amides is 1. The van der Waals surface area contributed by atoms with Crippen LogP contribution >= 0.6 is 58.6 Å². The molecule has 8 aromatic rings. The van der Waals surface area contributed by atoms with Gasteiger partial charge in [-0.05, 0) is 133 Å². The quantitative estimate of drug-likeness (QED) is 0.0189. The lowest BCUT2D eigenvalue weighted by molar-refractivity contribution is -0.127. The number of hydrogen-bond acceptors (Lipinski definition) is 28. The number of nitrogens with zero attached hydrogens (tertiary/aromatic N) is 15. The van der Waals surface area contributed by atoms with Crippen molar-refractivity contribution in [3.05, 3.63) is 256 Å². The van der Waals surface area contributed by atoms with Gasteiger partial charge in [-0.15, -0.1) is 0 Å². The largest absolute Gasteiger partial charge is 0.354 e. The maximum absolute atomic E-state index is 11.6. The summed E-state index contributed by atoms with van der Waals surface area (Å²) >= 11 is 11.9. The fraction of sp³-hybridized carbons (Fsp3) is 0.224. The van der Waals surface area contributed by atoms with Crippen LogP contribution in [0.5, 0.6) is 0 Å². The van der Waals surface area contributed by atoms with Crippen LogP contribution in [0.4, 0.5) is 23.8 Å². The molecule has 0 atom stereocenters. The maximum Gasteiger partial charge on any atom is 0.223 e. The monoisotopic (exact) mass is 1500 g/mol. The first-order valence-corrected chi connectivity index (χ1v) is 37.9. The number of halogens is 1. The normalized spacial score (nSPS) is 15.7. The number of hydrogen-bond donors (Lipinski definition) is 9. The molecule has 536 valence electrons. The third-order valence-electron chi connectivity index (χ3n) is 15.8. The Balaban J connectivity index is 0.000000152. The Labute approximate surface area is 637 Å². The number of thioether (sulfide) groups is 4. The molecule has 0 unspecified atom stereocenters. The van der Waals surface area contributed by atoms with E-state index < -0.39 is 0 Å². The van der Waals surface area contributed by atoms with Crippen LogP contribution in [-0.4, -0.2) is 106 Å². The lowest BCUT2D eigenvalue weighted by Gasteiger charge is -2.15. The molecule has 30 heteroatoms. The van der Waals surface area contributed by atoms with E-state index in [0.29, 0.717) is 113 Å². The summed E-state index contributed by atoms with van der Waals surface area (Å²) in [4.78, 5) is 56.5. The SMILES string of the molecule is CCC1=CSC(=C(C#N)c2ccnc(NCCCN)n2)N1.CCC1=CSC(=C(C#N)c2ccnc(NCCCN3CCCC3=O)n2)N1.N#CC(=C1NC(c2ccc(Cl)cc2)=CS1)c1ccnc(NCCc2cccnc2)n1.N#CC(=C1NC(c2ccccc2)=CS1)c1ccnc(NCCc2cccnc2)n1. The summed E-state index contributed by atoms with van der Waals surface area (Å²) in [7, 11) is 0. The van der Waals surface area contributed by atoms with Gasteiger partial charge in [0.25, 0.3) is 0 Å². The van der Waals surface area contributed by atoms with Gasteiger partial charge in [0.2, 0.25) is 29.7 Å². The number of anilines is 4. The molecule has 5 aliphatic heterocycles. The number of benzene rings is 2. The topological polar surface area (TPSA) is 367 Å². The van der Waals surface area contributed by atoms with E-state index in [2.05, 4.69) is 130 Å². The number of aromatic nitrogens is 10. The molecule has 0 bridgehead atoms. The summed E-state index contributed by atoms with van der Waals surface area (Å²) in [6.45, 7) is 9.12. The van der Waals surface area contributed by atoms with E-state index in [1.54, 1.807) is 61.4 Å². The van der Waals surface area contributed by atoms with Gasteiger partial charge in [0, 0.05) is 122 Å². The fourth-order valence-electron chi connectivity index (χ4n) is 10.3. The molecule has 0 aliphatic carbocycles. The molecule has 10 N–H and O–H groups in total. The molecule has 0 radical (unpaired) electrons. The number of nitrogens with two attached hydrogens (primary N) is 1. The van der Waals surface area contributed by atoms with Crippen molar-refractivity contribution in [2.75, 3.05) is 67.1 Å². The van der Waals surface area contributed by atoms with Crippen molar-refractivity contribution in [1.29, 1.82) is 21.0 Å². The highest BCUT2D eigenvalue weighted by Crippen LogP contribution is 2.38. The number of carbonyl (C=O) groups excluding carboxylic acids is 1. The summed E-state index contributed by atoms with van der Waals surface area (Å²) in [6, 6.07) is 41.4. The Bertz CT molecular complexity index is 4800. The first kappa shape index (κ1) is 77.1. The lowest BCUT2D eigenvalue weighted by atomic mass is 10.1.